The maximum Gasteiger partial charge on any atom is 0.246 e. The molecule has 8 nitrogen and oxygen atoms in total. The molecule has 8 heteroatoms. The summed E-state index contributed by atoms with van der Waals surface area (Å²) in [5.74, 6) is 2.48. The van der Waals surface area contributed by atoms with E-state index in [1.54, 1.807) is 0 Å². The first-order valence-corrected chi connectivity index (χ1v) is 13.1. The van der Waals surface area contributed by atoms with Gasteiger partial charge in [-0.25, -0.2) is 4.99 Å². The molecule has 3 N–H and O–H groups in total. The minimum absolute atomic E-state index is 0.0104. The molecule has 1 aliphatic carbocycles. The van der Waals surface area contributed by atoms with E-state index in [1.807, 2.05) is 23.1 Å². The van der Waals surface area contributed by atoms with Gasteiger partial charge < -0.3 is 15.0 Å². The maximum absolute atomic E-state index is 12.3. The number of nitrogens with one attached hydrogen (secondary N) is 3. The summed E-state index contributed by atoms with van der Waals surface area (Å²) in [6.45, 7) is 1.70. The predicted octanol–water partition coefficient (Wildman–Crippen LogP) is 3.33. The number of nitrogens with zero attached hydrogens (tertiary/aromatic N) is 2. The monoisotopic (exact) mass is 467 g/mol. The molecule has 3 unspecified atom stereocenters. The van der Waals surface area contributed by atoms with E-state index in [1.165, 1.54) is 32.1 Å². The zero-order valence-electron chi connectivity index (χ0n) is 20.0. The van der Waals surface area contributed by atoms with Crippen LogP contribution in [0, 0.1) is 5.92 Å². The number of hydrogen-bond donors (Lipinski definition) is 3. The molecule has 0 spiro atoms. The van der Waals surface area contributed by atoms with Crippen molar-refractivity contribution in [1.82, 2.24) is 20.9 Å². The number of aliphatic imine (C=N–C) groups is 1. The fourth-order valence-electron chi connectivity index (χ4n) is 5.73. The molecular formula is C26H37N5O3. The van der Waals surface area contributed by atoms with Gasteiger partial charge in [-0.05, 0) is 62.6 Å². The van der Waals surface area contributed by atoms with Crippen molar-refractivity contribution in [2.24, 2.45) is 10.9 Å². The summed E-state index contributed by atoms with van der Waals surface area (Å²) >= 11 is 0. The second kappa shape index (κ2) is 10.8. The highest BCUT2D eigenvalue weighted by molar-refractivity contribution is 6.05. The van der Waals surface area contributed by atoms with Crippen LogP contribution in [-0.4, -0.2) is 48.0 Å². The number of fused-ring (bicyclic) bond motifs is 3. The number of piperidine rings is 1. The first kappa shape index (κ1) is 23.1. The smallest absolute Gasteiger partial charge is 0.246 e. The molecule has 1 aromatic carbocycles. The van der Waals surface area contributed by atoms with Gasteiger partial charge in [0.25, 0.3) is 0 Å². The SMILES string of the molecule is O=C1CN2Cc3cc(OCCCCCCC(=O)NC4CCC5CCCCC5N4)ccc3N=C2N1. The van der Waals surface area contributed by atoms with Crippen LogP contribution in [0.4, 0.5) is 5.69 Å². The number of benzene rings is 1. The maximum atomic E-state index is 12.3. The van der Waals surface area contributed by atoms with Gasteiger partial charge in [-0.15, -0.1) is 0 Å². The molecule has 3 heterocycles. The lowest BCUT2D eigenvalue weighted by molar-refractivity contribution is -0.122. The van der Waals surface area contributed by atoms with Gasteiger partial charge in [0.1, 0.15) is 12.3 Å². The number of guanidine groups is 1. The lowest BCUT2D eigenvalue weighted by Crippen LogP contribution is -2.56. The Balaban J connectivity index is 0.942. The molecule has 5 rings (SSSR count). The lowest BCUT2D eigenvalue weighted by Gasteiger charge is -2.40. The summed E-state index contributed by atoms with van der Waals surface area (Å²) in [5, 5.41) is 9.67. The third-order valence-electron chi connectivity index (χ3n) is 7.58. The molecule has 0 radical (unpaired) electrons. The first-order valence-electron chi connectivity index (χ1n) is 13.1. The van der Waals surface area contributed by atoms with Gasteiger partial charge in [0.2, 0.25) is 17.8 Å². The van der Waals surface area contributed by atoms with Crippen molar-refractivity contribution in [2.45, 2.75) is 89.4 Å². The molecule has 0 bridgehead atoms. The van der Waals surface area contributed by atoms with Gasteiger partial charge in [-0.1, -0.05) is 25.7 Å². The van der Waals surface area contributed by atoms with Gasteiger partial charge in [0.05, 0.1) is 18.5 Å². The number of hydrogen-bond acceptors (Lipinski definition) is 6. The Kier molecular flexibility index (Phi) is 7.33. The third-order valence-corrected chi connectivity index (χ3v) is 7.58. The van der Waals surface area contributed by atoms with E-state index in [2.05, 4.69) is 20.9 Å². The minimum Gasteiger partial charge on any atom is -0.494 e. The molecule has 4 aliphatic rings. The van der Waals surface area contributed by atoms with Gasteiger partial charge in [-0.3, -0.25) is 20.2 Å². The van der Waals surface area contributed by atoms with E-state index in [9.17, 15) is 9.59 Å². The minimum atomic E-state index is -0.0104. The molecule has 3 aliphatic heterocycles. The summed E-state index contributed by atoms with van der Waals surface area (Å²) in [4.78, 5) is 30.4. The van der Waals surface area contributed by atoms with Gasteiger partial charge >= 0.3 is 0 Å². The molecule has 34 heavy (non-hydrogen) atoms. The zero-order chi connectivity index (χ0) is 23.3. The van der Waals surface area contributed by atoms with Crippen LogP contribution in [0.2, 0.25) is 0 Å². The number of carbonyl (C=O) groups is 2. The van der Waals surface area contributed by atoms with Gasteiger partial charge in [0.15, 0.2) is 0 Å². The highest BCUT2D eigenvalue weighted by Gasteiger charge is 2.32. The Hall–Kier alpha value is -2.61. The van der Waals surface area contributed by atoms with E-state index < -0.39 is 0 Å². The van der Waals surface area contributed by atoms with Crippen molar-refractivity contribution in [3.63, 3.8) is 0 Å². The summed E-state index contributed by atoms with van der Waals surface area (Å²) in [7, 11) is 0. The molecule has 3 atom stereocenters. The Morgan fingerprint density at radius 2 is 1.97 bits per heavy atom. The zero-order valence-corrected chi connectivity index (χ0v) is 20.0. The van der Waals surface area contributed by atoms with Gasteiger partial charge in [-0.2, -0.15) is 0 Å². The van der Waals surface area contributed by atoms with E-state index in [4.69, 9.17) is 4.74 Å². The summed E-state index contributed by atoms with van der Waals surface area (Å²) in [6.07, 6.45) is 12.4. The second-order valence-electron chi connectivity index (χ2n) is 10.2. The molecule has 1 aromatic rings. The highest BCUT2D eigenvalue weighted by Crippen LogP contribution is 2.32. The Morgan fingerprint density at radius 1 is 1.09 bits per heavy atom. The van der Waals surface area contributed by atoms with Crippen LogP contribution in [0.25, 0.3) is 0 Å². The van der Waals surface area contributed by atoms with E-state index in [0.717, 1.165) is 55.0 Å². The quantitative estimate of drug-likeness (QED) is 0.484. The highest BCUT2D eigenvalue weighted by atomic mass is 16.5. The van der Waals surface area contributed by atoms with Crippen molar-refractivity contribution in [3.8, 4) is 5.75 Å². The van der Waals surface area contributed by atoms with Crippen LogP contribution in [0.3, 0.4) is 0 Å². The molecular weight excluding hydrogens is 430 g/mol. The van der Waals surface area contributed by atoms with Crippen LogP contribution in [-0.2, 0) is 16.1 Å². The average Bonchev–Trinajstić information content (AvgIpc) is 3.20. The lowest BCUT2D eigenvalue weighted by atomic mass is 9.79. The van der Waals surface area contributed by atoms with Crippen molar-refractivity contribution in [2.75, 3.05) is 13.2 Å². The van der Waals surface area contributed by atoms with Crippen molar-refractivity contribution in [1.29, 1.82) is 0 Å². The van der Waals surface area contributed by atoms with E-state index >= 15 is 0 Å². The van der Waals surface area contributed by atoms with Crippen molar-refractivity contribution in [3.05, 3.63) is 23.8 Å². The van der Waals surface area contributed by atoms with Crippen molar-refractivity contribution >= 4 is 23.5 Å². The summed E-state index contributed by atoms with van der Waals surface area (Å²) in [5.41, 5.74) is 1.97. The standard InChI is InChI=1S/C26H37N5O3/c32-24(29-23-13-10-18-7-4-5-8-21(18)27-23)9-3-1-2-6-14-34-20-11-12-22-19(15-20)16-31-17-25(33)30-26(31)28-22/h11-12,15,18,21,23,27H,1-10,13-14,16-17H2,(H,29,32)(H,28,30,33). The van der Waals surface area contributed by atoms with Crippen LogP contribution >= 0.6 is 0 Å². The molecule has 1 saturated carbocycles. The number of unbranched alkanes of at least 4 members (excludes halogenated alkanes) is 3. The van der Waals surface area contributed by atoms with Crippen LogP contribution in [0.15, 0.2) is 23.2 Å². The second-order valence-corrected chi connectivity index (χ2v) is 10.2. The van der Waals surface area contributed by atoms with Crippen LogP contribution < -0.4 is 20.7 Å². The molecule has 2 amide bonds. The summed E-state index contributed by atoms with van der Waals surface area (Å²) < 4.78 is 5.94. The number of ether oxygens (including phenoxy) is 1. The average molecular weight is 468 g/mol. The normalized spacial score (nSPS) is 25.5. The van der Waals surface area contributed by atoms with E-state index in [0.29, 0.717) is 38.1 Å². The number of carbonyl (C=O) groups excluding carboxylic acids is 2. The van der Waals surface area contributed by atoms with Crippen LogP contribution in [0.1, 0.15) is 76.2 Å². The van der Waals surface area contributed by atoms with Crippen molar-refractivity contribution < 1.29 is 14.3 Å². The fourth-order valence-corrected chi connectivity index (χ4v) is 5.73. The van der Waals surface area contributed by atoms with Crippen LogP contribution in [0.5, 0.6) is 5.75 Å². The van der Waals surface area contributed by atoms with E-state index in [-0.39, 0.29) is 18.0 Å². The molecule has 3 fully saturated rings. The topological polar surface area (TPSA) is 95.1 Å². The molecule has 2 saturated heterocycles. The largest absolute Gasteiger partial charge is 0.494 e. The first-order chi connectivity index (χ1) is 16.6. The molecule has 0 aromatic heterocycles. The summed E-state index contributed by atoms with van der Waals surface area (Å²) in [6, 6.07) is 6.52. The third kappa shape index (κ3) is 5.71. The fraction of sp³-hybridized carbons (Fsp3) is 0.654. The molecule has 184 valence electrons. The number of amides is 2. The Bertz CT molecular complexity index is 933. The number of rotatable bonds is 9. The predicted molar refractivity (Wildman–Crippen MR) is 131 cm³/mol. The Morgan fingerprint density at radius 3 is 2.91 bits per heavy atom. The van der Waals surface area contributed by atoms with Gasteiger partial charge in [0, 0.05) is 24.6 Å². The Labute approximate surface area is 201 Å².